The zero-order valence-corrected chi connectivity index (χ0v) is 10.2. The average Bonchev–Trinajstić information content (AvgIpc) is 2.78. The van der Waals surface area contributed by atoms with Gasteiger partial charge in [0.2, 0.25) is 0 Å². The number of rotatable bonds is 4. The predicted molar refractivity (Wildman–Crippen MR) is 66.5 cm³/mol. The van der Waals surface area contributed by atoms with Crippen LogP contribution < -0.4 is 5.73 Å². The summed E-state index contributed by atoms with van der Waals surface area (Å²) in [6.45, 7) is 1.26. The fourth-order valence-corrected chi connectivity index (χ4v) is 2.37. The monoisotopic (exact) mass is 239 g/mol. The number of hydrogen-bond acceptors (Lipinski definition) is 2. The first-order chi connectivity index (χ1) is 7.74. The number of benzene rings is 1. The fraction of sp³-hybridized carbons (Fsp3) is 0.538. The van der Waals surface area contributed by atoms with Crippen LogP contribution in [0.3, 0.4) is 0 Å². The molecule has 0 heterocycles. The Hall–Kier alpha value is -0.570. The van der Waals surface area contributed by atoms with Crippen LogP contribution in [0.25, 0.3) is 0 Å². The summed E-state index contributed by atoms with van der Waals surface area (Å²) in [7, 11) is 0. The second-order valence-electron chi connectivity index (χ2n) is 4.51. The second kappa shape index (κ2) is 5.17. The van der Waals surface area contributed by atoms with Gasteiger partial charge in [-0.05, 0) is 30.5 Å². The van der Waals surface area contributed by atoms with Crippen molar-refractivity contribution in [2.75, 3.05) is 6.54 Å². The molecule has 0 amide bonds. The summed E-state index contributed by atoms with van der Waals surface area (Å²) in [5.74, 6) is 0. The van der Waals surface area contributed by atoms with E-state index < -0.39 is 0 Å². The van der Waals surface area contributed by atoms with Gasteiger partial charge in [-0.25, -0.2) is 0 Å². The van der Waals surface area contributed by atoms with Gasteiger partial charge in [-0.3, -0.25) is 0 Å². The standard InChI is InChI=1S/C13H18ClNO/c14-12-5-3-11(4-6-12)9-16-13(10-15)7-1-2-8-13/h3-6H,1-2,7-10,15H2. The molecule has 0 bridgehead atoms. The molecule has 1 aliphatic carbocycles. The Morgan fingerprint density at radius 2 is 1.81 bits per heavy atom. The van der Waals surface area contributed by atoms with Crippen LogP contribution in [0.1, 0.15) is 31.2 Å². The van der Waals surface area contributed by atoms with Gasteiger partial charge in [0.15, 0.2) is 0 Å². The minimum atomic E-state index is -0.0698. The van der Waals surface area contributed by atoms with E-state index in [2.05, 4.69) is 0 Å². The summed E-state index contributed by atoms with van der Waals surface area (Å²) in [4.78, 5) is 0. The number of ether oxygens (including phenoxy) is 1. The summed E-state index contributed by atoms with van der Waals surface area (Å²) in [5, 5.41) is 0.762. The van der Waals surface area contributed by atoms with Crippen LogP contribution in [-0.4, -0.2) is 12.1 Å². The van der Waals surface area contributed by atoms with E-state index in [-0.39, 0.29) is 5.60 Å². The van der Waals surface area contributed by atoms with Crippen LogP contribution in [0.2, 0.25) is 5.02 Å². The van der Waals surface area contributed by atoms with E-state index in [4.69, 9.17) is 22.1 Å². The minimum absolute atomic E-state index is 0.0698. The Kier molecular flexibility index (Phi) is 3.85. The van der Waals surface area contributed by atoms with Crippen LogP contribution in [0.4, 0.5) is 0 Å². The largest absolute Gasteiger partial charge is 0.369 e. The lowest BCUT2D eigenvalue weighted by Gasteiger charge is -2.27. The highest BCUT2D eigenvalue weighted by Gasteiger charge is 2.33. The van der Waals surface area contributed by atoms with E-state index in [1.54, 1.807) is 0 Å². The Morgan fingerprint density at radius 1 is 1.19 bits per heavy atom. The van der Waals surface area contributed by atoms with Gasteiger partial charge < -0.3 is 10.5 Å². The second-order valence-corrected chi connectivity index (χ2v) is 4.95. The lowest BCUT2D eigenvalue weighted by atomic mass is 10.0. The molecule has 1 fully saturated rings. The summed E-state index contributed by atoms with van der Waals surface area (Å²) >= 11 is 5.83. The third-order valence-electron chi connectivity index (χ3n) is 3.35. The van der Waals surface area contributed by atoms with E-state index in [1.165, 1.54) is 12.8 Å². The molecule has 0 aliphatic heterocycles. The zero-order chi connectivity index (χ0) is 11.4. The molecule has 0 atom stereocenters. The highest BCUT2D eigenvalue weighted by molar-refractivity contribution is 6.30. The van der Waals surface area contributed by atoms with Crippen molar-refractivity contribution in [1.29, 1.82) is 0 Å². The van der Waals surface area contributed by atoms with Gasteiger partial charge in [-0.15, -0.1) is 0 Å². The Balaban J connectivity index is 1.93. The average molecular weight is 240 g/mol. The van der Waals surface area contributed by atoms with Crippen molar-refractivity contribution < 1.29 is 4.74 Å². The van der Waals surface area contributed by atoms with Gasteiger partial charge in [0.05, 0.1) is 12.2 Å². The fourth-order valence-electron chi connectivity index (χ4n) is 2.24. The predicted octanol–water partition coefficient (Wildman–Crippen LogP) is 3.13. The molecule has 88 valence electrons. The third-order valence-corrected chi connectivity index (χ3v) is 3.60. The molecule has 1 aliphatic rings. The molecule has 0 radical (unpaired) electrons. The normalized spacial score (nSPS) is 18.9. The van der Waals surface area contributed by atoms with Crippen molar-refractivity contribution in [2.24, 2.45) is 5.73 Å². The zero-order valence-electron chi connectivity index (χ0n) is 9.42. The highest BCUT2D eigenvalue weighted by atomic mass is 35.5. The molecule has 0 unspecified atom stereocenters. The maximum Gasteiger partial charge on any atom is 0.0808 e. The van der Waals surface area contributed by atoms with Crippen LogP contribution in [0.15, 0.2) is 24.3 Å². The first-order valence-corrected chi connectivity index (χ1v) is 6.20. The molecule has 16 heavy (non-hydrogen) atoms. The van der Waals surface area contributed by atoms with Crippen molar-refractivity contribution in [2.45, 2.75) is 37.9 Å². The number of nitrogens with two attached hydrogens (primary N) is 1. The van der Waals surface area contributed by atoms with Crippen LogP contribution >= 0.6 is 11.6 Å². The number of halogens is 1. The molecule has 0 spiro atoms. The van der Waals surface area contributed by atoms with Gasteiger partial charge in [0.25, 0.3) is 0 Å². The Bertz CT molecular complexity index is 330. The Labute approximate surface area is 102 Å². The van der Waals surface area contributed by atoms with Gasteiger partial charge in [-0.2, -0.15) is 0 Å². The van der Waals surface area contributed by atoms with Gasteiger partial charge >= 0.3 is 0 Å². The quantitative estimate of drug-likeness (QED) is 0.876. The molecule has 1 aromatic carbocycles. The van der Waals surface area contributed by atoms with E-state index >= 15 is 0 Å². The summed E-state index contributed by atoms with van der Waals surface area (Å²) < 4.78 is 6.00. The number of hydrogen-bond donors (Lipinski definition) is 1. The van der Waals surface area contributed by atoms with Crippen LogP contribution in [-0.2, 0) is 11.3 Å². The maximum absolute atomic E-state index is 6.00. The highest BCUT2D eigenvalue weighted by Crippen LogP contribution is 2.33. The summed E-state index contributed by atoms with van der Waals surface area (Å²) in [6, 6.07) is 7.79. The Morgan fingerprint density at radius 3 is 2.38 bits per heavy atom. The van der Waals surface area contributed by atoms with E-state index in [9.17, 15) is 0 Å². The van der Waals surface area contributed by atoms with Gasteiger partial charge in [0.1, 0.15) is 0 Å². The molecule has 0 aromatic heterocycles. The van der Waals surface area contributed by atoms with E-state index in [1.807, 2.05) is 24.3 Å². The first-order valence-electron chi connectivity index (χ1n) is 5.83. The summed E-state index contributed by atoms with van der Waals surface area (Å²) in [5.41, 5.74) is 6.90. The smallest absolute Gasteiger partial charge is 0.0808 e. The maximum atomic E-state index is 6.00. The lowest BCUT2D eigenvalue weighted by Crippen LogP contribution is -2.37. The van der Waals surface area contributed by atoms with Crippen molar-refractivity contribution in [3.63, 3.8) is 0 Å². The third kappa shape index (κ3) is 2.76. The van der Waals surface area contributed by atoms with Crippen molar-refractivity contribution in [1.82, 2.24) is 0 Å². The van der Waals surface area contributed by atoms with E-state index in [0.717, 1.165) is 23.4 Å². The van der Waals surface area contributed by atoms with Crippen molar-refractivity contribution >= 4 is 11.6 Å². The van der Waals surface area contributed by atoms with Crippen molar-refractivity contribution in [3.05, 3.63) is 34.9 Å². The molecule has 2 N–H and O–H groups in total. The van der Waals surface area contributed by atoms with E-state index in [0.29, 0.717) is 13.2 Å². The molecule has 2 nitrogen and oxygen atoms in total. The molecular weight excluding hydrogens is 222 g/mol. The van der Waals surface area contributed by atoms with Crippen molar-refractivity contribution in [3.8, 4) is 0 Å². The SMILES string of the molecule is NCC1(OCc2ccc(Cl)cc2)CCCC1. The molecular formula is C13H18ClNO. The topological polar surface area (TPSA) is 35.2 Å². The van der Waals surface area contributed by atoms with Crippen LogP contribution in [0, 0.1) is 0 Å². The molecule has 0 saturated heterocycles. The van der Waals surface area contributed by atoms with Crippen LogP contribution in [0.5, 0.6) is 0 Å². The molecule has 3 heteroatoms. The molecule has 1 saturated carbocycles. The summed E-state index contributed by atoms with van der Waals surface area (Å²) in [6.07, 6.45) is 4.66. The first kappa shape index (κ1) is 11.9. The molecule has 2 rings (SSSR count). The van der Waals surface area contributed by atoms with Gasteiger partial charge in [-0.1, -0.05) is 36.6 Å². The molecule has 1 aromatic rings. The lowest BCUT2D eigenvalue weighted by molar-refractivity contribution is -0.0448. The minimum Gasteiger partial charge on any atom is -0.369 e. The van der Waals surface area contributed by atoms with Gasteiger partial charge in [0, 0.05) is 11.6 Å².